The van der Waals surface area contributed by atoms with Crippen molar-refractivity contribution in [2.24, 2.45) is 0 Å². The first-order chi connectivity index (χ1) is 12.7. The molecule has 2 rings (SSSR count). The lowest BCUT2D eigenvalue weighted by molar-refractivity contribution is -0.894. The minimum atomic E-state index is -4.79. The van der Waals surface area contributed by atoms with E-state index < -0.39 is 10.4 Å². The monoisotopic (exact) mass is 399 g/mol. The average molecular weight is 400 g/mol. The third-order valence-corrected chi connectivity index (χ3v) is 4.60. The van der Waals surface area contributed by atoms with Crippen molar-refractivity contribution in [1.29, 1.82) is 0 Å². The van der Waals surface area contributed by atoms with Crippen molar-refractivity contribution in [2.45, 2.75) is 34.1 Å². The Kier molecular flexibility index (Phi) is 9.27. The largest absolute Gasteiger partial charge is 0.716 e. The van der Waals surface area contributed by atoms with E-state index in [9.17, 15) is 17.8 Å². The van der Waals surface area contributed by atoms with E-state index in [1.165, 1.54) is 38.7 Å². The fraction of sp³-hybridized carbons (Fsp3) is 0.500. The van der Waals surface area contributed by atoms with E-state index in [0.717, 1.165) is 16.5 Å². The second-order valence-electron chi connectivity index (χ2n) is 6.06. The van der Waals surface area contributed by atoms with Gasteiger partial charge in [0.1, 0.15) is 5.75 Å². The Balaban J connectivity index is 0.000000445. The summed E-state index contributed by atoms with van der Waals surface area (Å²) >= 11 is 0. The number of amides is 1. The maximum atomic E-state index is 10.8. The third kappa shape index (κ3) is 8.42. The molecule has 0 aliphatic rings. The lowest BCUT2D eigenvalue weighted by Gasteiger charge is -2.10. The smallest absolute Gasteiger partial charge is 0.262 e. The van der Waals surface area contributed by atoms with Gasteiger partial charge in [0.05, 0.1) is 19.6 Å². The fourth-order valence-electron chi connectivity index (χ4n) is 2.66. The van der Waals surface area contributed by atoms with Crippen LogP contribution in [0.2, 0.25) is 0 Å². The number of H-pyrrole nitrogens is 1. The van der Waals surface area contributed by atoms with Crippen molar-refractivity contribution in [3.05, 3.63) is 30.0 Å². The Hall–Kier alpha value is -2.10. The zero-order chi connectivity index (χ0) is 20.4. The van der Waals surface area contributed by atoms with E-state index in [1.807, 2.05) is 0 Å². The van der Waals surface area contributed by atoms with Gasteiger partial charge in [-0.15, -0.1) is 0 Å². The maximum Gasteiger partial charge on any atom is 0.262 e. The number of aromatic nitrogens is 1. The van der Waals surface area contributed by atoms with Gasteiger partial charge in [-0.05, 0) is 51.0 Å². The summed E-state index contributed by atoms with van der Waals surface area (Å²) in [5.41, 5.74) is 1.68. The molecule has 1 aromatic carbocycles. The number of quaternary nitrogens is 1. The van der Waals surface area contributed by atoms with Gasteiger partial charge in [-0.25, -0.2) is 8.42 Å². The van der Waals surface area contributed by atoms with Crippen molar-refractivity contribution in [2.75, 3.05) is 26.2 Å². The first kappa shape index (κ1) is 22.9. The van der Waals surface area contributed by atoms with Crippen LogP contribution in [0.1, 0.15) is 33.3 Å². The van der Waals surface area contributed by atoms with Gasteiger partial charge in [-0.1, -0.05) is 0 Å². The zero-order valence-corrected chi connectivity index (χ0v) is 17.1. The molecule has 2 aromatic rings. The zero-order valence-electron chi connectivity index (χ0n) is 16.3. The van der Waals surface area contributed by atoms with Crippen molar-refractivity contribution in [1.82, 2.24) is 10.3 Å². The quantitative estimate of drug-likeness (QED) is 0.444. The Labute approximate surface area is 160 Å². The number of hydrogen-bond donors (Lipinski definition) is 3. The number of rotatable bonds is 8. The molecule has 0 bridgehead atoms. The lowest BCUT2D eigenvalue weighted by atomic mass is 10.1. The van der Waals surface area contributed by atoms with Crippen LogP contribution < -0.4 is 14.4 Å². The molecule has 0 atom stereocenters. The van der Waals surface area contributed by atoms with Gasteiger partial charge in [0.2, 0.25) is 5.91 Å². The summed E-state index contributed by atoms with van der Waals surface area (Å²) in [4.78, 5) is 15.5. The molecule has 1 heterocycles. The van der Waals surface area contributed by atoms with Gasteiger partial charge in [-0.3, -0.25) is 4.79 Å². The summed E-state index contributed by atoms with van der Waals surface area (Å²) in [5, 5.41) is 3.42. The summed E-state index contributed by atoms with van der Waals surface area (Å²) < 4.78 is 36.0. The summed E-state index contributed by atoms with van der Waals surface area (Å²) in [7, 11) is -4.79. The van der Waals surface area contributed by atoms with E-state index in [2.05, 4.69) is 35.3 Å². The van der Waals surface area contributed by atoms with Crippen molar-refractivity contribution in [3.63, 3.8) is 0 Å². The highest BCUT2D eigenvalue weighted by Crippen LogP contribution is 2.24. The maximum absolute atomic E-state index is 10.8. The first-order valence-electron chi connectivity index (χ1n) is 9.03. The summed E-state index contributed by atoms with van der Waals surface area (Å²) in [6.45, 7) is 12.4. The fourth-order valence-corrected chi connectivity index (χ4v) is 3.00. The predicted molar refractivity (Wildman–Crippen MR) is 104 cm³/mol. The molecule has 27 heavy (non-hydrogen) atoms. The van der Waals surface area contributed by atoms with E-state index >= 15 is 0 Å². The van der Waals surface area contributed by atoms with E-state index in [0.29, 0.717) is 13.0 Å². The highest BCUT2D eigenvalue weighted by molar-refractivity contribution is 7.81. The van der Waals surface area contributed by atoms with E-state index in [1.54, 1.807) is 17.2 Å². The Morgan fingerprint density at radius 3 is 2.33 bits per heavy atom. The number of benzene rings is 1. The second-order valence-corrected chi connectivity index (χ2v) is 7.04. The normalized spacial score (nSPS) is 11.2. The number of carbonyl (C=O) groups excluding carboxylic acids is 1. The topological polar surface area (TPSA) is 116 Å². The third-order valence-electron chi connectivity index (χ3n) is 4.21. The molecule has 0 saturated heterocycles. The molecular weight excluding hydrogens is 370 g/mol. The van der Waals surface area contributed by atoms with Crippen LogP contribution in [0.15, 0.2) is 24.4 Å². The molecule has 1 amide bonds. The molecule has 0 unspecified atom stereocenters. The summed E-state index contributed by atoms with van der Waals surface area (Å²) in [5.74, 6) is -0.154. The first-order valence-corrected chi connectivity index (χ1v) is 10.4. The van der Waals surface area contributed by atoms with Crippen molar-refractivity contribution in [3.8, 4) is 5.75 Å². The lowest BCUT2D eigenvalue weighted by Crippen LogP contribution is -3.11. The minimum Gasteiger partial charge on any atom is -0.716 e. The van der Waals surface area contributed by atoms with Crippen LogP contribution in [0.5, 0.6) is 5.75 Å². The van der Waals surface area contributed by atoms with Gasteiger partial charge in [-0.2, -0.15) is 0 Å². The van der Waals surface area contributed by atoms with Crippen molar-refractivity contribution < 1.29 is 26.8 Å². The molecule has 0 spiro atoms. The van der Waals surface area contributed by atoms with Crippen LogP contribution in [-0.4, -0.2) is 50.0 Å². The highest BCUT2D eigenvalue weighted by Gasteiger charge is 2.07. The molecule has 0 fully saturated rings. The molecule has 8 nitrogen and oxygen atoms in total. The Morgan fingerprint density at radius 2 is 1.85 bits per heavy atom. The standard InChI is InChI=1S/C12H14N2O5S.C6H15N/c1-8(15)13-5-4-9-7-14-12-3-2-10(6-11(9)12)19-20(16,17)18;1-4-7(5-2)6-3/h2-3,6-7,14H,4-5H2,1H3,(H,13,15)(H,16,17,18);4-6H2,1-3H3. The average Bonchev–Trinajstić information content (AvgIpc) is 2.98. The molecule has 0 saturated carbocycles. The van der Waals surface area contributed by atoms with E-state index in [4.69, 9.17) is 0 Å². The molecule has 1 aromatic heterocycles. The second kappa shape index (κ2) is 10.9. The van der Waals surface area contributed by atoms with Gasteiger partial charge < -0.3 is 23.9 Å². The molecule has 0 radical (unpaired) electrons. The van der Waals surface area contributed by atoms with Gasteiger partial charge in [0.15, 0.2) is 0 Å². The van der Waals surface area contributed by atoms with Gasteiger partial charge >= 0.3 is 0 Å². The van der Waals surface area contributed by atoms with Crippen LogP contribution in [0, 0.1) is 0 Å². The molecule has 152 valence electrons. The SMILES string of the molecule is CC(=O)NCCc1c[nH]c2ccc(OS(=O)(=O)[O-])cc12.CC[NH+](CC)CC. The summed E-state index contributed by atoms with van der Waals surface area (Å²) in [6.07, 6.45) is 2.34. The minimum absolute atomic E-state index is 0.0344. The van der Waals surface area contributed by atoms with Crippen LogP contribution in [0.25, 0.3) is 10.9 Å². The van der Waals surface area contributed by atoms with Crippen LogP contribution in [-0.2, 0) is 21.6 Å². The number of fused-ring (bicyclic) bond motifs is 1. The van der Waals surface area contributed by atoms with Crippen LogP contribution >= 0.6 is 0 Å². The number of hydrogen-bond acceptors (Lipinski definition) is 5. The van der Waals surface area contributed by atoms with Crippen LogP contribution in [0.4, 0.5) is 0 Å². The Bertz CT molecular complexity index is 823. The van der Waals surface area contributed by atoms with Gasteiger partial charge in [0, 0.05) is 30.6 Å². The van der Waals surface area contributed by atoms with Crippen molar-refractivity contribution >= 4 is 27.2 Å². The number of aromatic amines is 1. The molecule has 3 N–H and O–H groups in total. The predicted octanol–water partition coefficient (Wildman–Crippen LogP) is 0.617. The number of carbonyl (C=O) groups is 1. The number of nitrogens with one attached hydrogen (secondary N) is 3. The molecule has 9 heteroatoms. The van der Waals surface area contributed by atoms with Gasteiger partial charge in [0.25, 0.3) is 10.4 Å². The van der Waals surface area contributed by atoms with Crippen LogP contribution in [0.3, 0.4) is 0 Å². The molecule has 0 aliphatic carbocycles. The summed E-state index contributed by atoms with van der Waals surface area (Å²) in [6, 6.07) is 4.49. The molecular formula is C18H29N3O5S. The van der Waals surface area contributed by atoms with E-state index in [-0.39, 0.29) is 11.7 Å². The molecule has 0 aliphatic heterocycles. The Morgan fingerprint density at radius 1 is 1.22 bits per heavy atom. The highest BCUT2D eigenvalue weighted by atomic mass is 32.3.